The van der Waals surface area contributed by atoms with Gasteiger partial charge in [-0.25, -0.2) is 9.40 Å². The summed E-state index contributed by atoms with van der Waals surface area (Å²) in [6.45, 7) is 4.00. The minimum absolute atomic E-state index is 0.0447. The number of methoxy groups -OCH3 is 1. The number of benzene rings is 2. The Hall–Kier alpha value is -2.73. The first-order valence-corrected chi connectivity index (χ1v) is 9.08. The number of carbonyl (C=O) groups excluding carboxylic acids is 1. The molecule has 1 amide bonds. The maximum atomic E-state index is 13.9. The lowest BCUT2D eigenvalue weighted by atomic mass is 10.1. The second kappa shape index (κ2) is 8.77. The number of carbonyl (C=O) groups is 1. The fraction of sp³-hybridized carbons (Fsp3) is 0.333. The molecule has 0 radical (unpaired) electrons. The molecule has 0 aliphatic carbocycles. The Balaban J connectivity index is 1.62. The number of likely N-dealkylation sites (N-methyl/N-ethyl adjacent to an activating group) is 1. The molecule has 0 saturated carbocycles. The minimum Gasteiger partial charge on any atom is -0.494 e. The second-order valence-corrected chi connectivity index (χ2v) is 6.45. The summed E-state index contributed by atoms with van der Waals surface area (Å²) in [5.74, 6) is -0.219. The Labute approximate surface area is 159 Å². The van der Waals surface area contributed by atoms with E-state index in [0.29, 0.717) is 19.6 Å². The molecular formula is C21H24FN3O2. The molecule has 5 nitrogen and oxygen atoms in total. The van der Waals surface area contributed by atoms with Gasteiger partial charge in [0.15, 0.2) is 11.6 Å². The average Bonchev–Trinajstić information content (AvgIpc) is 3.18. The van der Waals surface area contributed by atoms with Gasteiger partial charge in [0.05, 0.1) is 25.9 Å². The lowest BCUT2D eigenvalue weighted by molar-refractivity contribution is -0.132. The molecule has 27 heavy (non-hydrogen) atoms. The molecule has 2 aromatic rings. The summed E-state index contributed by atoms with van der Waals surface area (Å²) in [7, 11) is 1.44. The third-order valence-corrected chi connectivity index (χ3v) is 4.63. The van der Waals surface area contributed by atoms with Crippen LogP contribution in [0.15, 0.2) is 53.6 Å². The maximum Gasteiger partial charge on any atom is 0.256 e. The molecule has 0 saturated heterocycles. The third-order valence-electron chi connectivity index (χ3n) is 4.63. The number of nitrogens with zero attached hydrogens (tertiary/aromatic N) is 3. The molecule has 0 bridgehead atoms. The van der Waals surface area contributed by atoms with Crippen molar-refractivity contribution in [1.29, 1.82) is 0 Å². The first kappa shape index (κ1) is 19.0. The van der Waals surface area contributed by atoms with Crippen molar-refractivity contribution in [2.75, 3.05) is 26.7 Å². The van der Waals surface area contributed by atoms with E-state index in [9.17, 15) is 9.18 Å². The molecule has 0 N–H and O–H groups in total. The zero-order chi connectivity index (χ0) is 19.2. The minimum atomic E-state index is -0.394. The van der Waals surface area contributed by atoms with Gasteiger partial charge in [-0.1, -0.05) is 43.3 Å². The molecule has 0 fully saturated rings. The van der Waals surface area contributed by atoms with Gasteiger partial charge in [0, 0.05) is 13.0 Å². The smallest absolute Gasteiger partial charge is 0.256 e. The van der Waals surface area contributed by atoms with Crippen LogP contribution in [0.1, 0.15) is 24.5 Å². The van der Waals surface area contributed by atoms with Crippen molar-refractivity contribution < 1.29 is 13.9 Å². The topological polar surface area (TPSA) is 45.1 Å². The highest BCUT2D eigenvalue weighted by Crippen LogP contribution is 2.19. The van der Waals surface area contributed by atoms with Gasteiger partial charge in [-0.05, 0) is 29.8 Å². The Morgan fingerprint density at radius 3 is 2.70 bits per heavy atom. The van der Waals surface area contributed by atoms with E-state index in [1.54, 1.807) is 11.1 Å². The van der Waals surface area contributed by atoms with Crippen molar-refractivity contribution in [1.82, 2.24) is 9.91 Å². The van der Waals surface area contributed by atoms with Gasteiger partial charge >= 0.3 is 0 Å². The Morgan fingerprint density at radius 2 is 2.04 bits per heavy atom. The molecule has 142 valence electrons. The molecule has 1 heterocycles. The van der Waals surface area contributed by atoms with E-state index >= 15 is 0 Å². The van der Waals surface area contributed by atoms with E-state index in [0.717, 1.165) is 23.3 Å². The summed E-state index contributed by atoms with van der Waals surface area (Å²) in [5.41, 5.74) is 2.79. The van der Waals surface area contributed by atoms with Gasteiger partial charge in [0.25, 0.3) is 5.91 Å². The zero-order valence-corrected chi connectivity index (χ0v) is 15.7. The second-order valence-electron chi connectivity index (χ2n) is 6.45. The van der Waals surface area contributed by atoms with Crippen LogP contribution in [0.2, 0.25) is 0 Å². The van der Waals surface area contributed by atoms with Gasteiger partial charge < -0.3 is 4.74 Å². The fourth-order valence-corrected chi connectivity index (χ4v) is 3.09. The van der Waals surface area contributed by atoms with E-state index < -0.39 is 5.82 Å². The lowest BCUT2D eigenvalue weighted by Crippen LogP contribution is -2.36. The molecule has 1 aliphatic heterocycles. The van der Waals surface area contributed by atoms with Crippen molar-refractivity contribution in [3.8, 4) is 5.75 Å². The summed E-state index contributed by atoms with van der Waals surface area (Å²) in [6.07, 6.45) is 0.756. The summed E-state index contributed by atoms with van der Waals surface area (Å²) >= 11 is 0. The van der Waals surface area contributed by atoms with Gasteiger partial charge in [0.2, 0.25) is 0 Å². The van der Waals surface area contributed by atoms with Crippen LogP contribution in [-0.2, 0) is 11.3 Å². The predicted molar refractivity (Wildman–Crippen MR) is 103 cm³/mol. The molecule has 3 rings (SSSR count). The van der Waals surface area contributed by atoms with Gasteiger partial charge in [-0.15, -0.1) is 0 Å². The first-order valence-electron chi connectivity index (χ1n) is 9.08. The summed E-state index contributed by atoms with van der Waals surface area (Å²) in [6, 6.07) is 14.8. The van der Waals surface area contributed by atoms with E-state index in [1.165, 1.54) is 13.2 Å². The number of ether oxygens (including phenoxy) is 1. The molecule has 0 spiro atoms. The molecule has 0 unspecified atom stereocenters. The van der Waals surface area contributed by atoms with Crippen molar-refractivity contribution in [3.05, 3.63) is 65.5 Å². The van der Waals surface area contributed by atoms with Crippen molar-refractivity contribution in [2.24, 2.45) is 5.10 Å². The molecule has 0 aromatic heterocycles. The Kier molecular flexibility index (Phi) is 6.19. The Morgan fingerprint density at radius 1 is 1.26 bits per heavy atom. The van der Waals surface area contributed by atoms with Gasteiger partial charge in [-0.2, -0.15) is 5.10 Å². The number of amides is 1. The number of hydrogen-bond acceptors (Lipinski definition) is 4. The van der Waals surface area contributed by atoms with Crippen LogP contribution in [0.4, 0.5) is 4.39 Å². The predicted octanol–water partition coefficient (Wildman–Crippen LogP) is 3.29. The number of hydrogen-bond donors (Lipinski definition) is 0. The first-order chi connectivity index (χ1) is 13.1. The van der Waals surface area contributed by atoms with E-state index in [4.69, 9.17) is 4.74 Å². The lowest BCUT2D eigenvalue weighted by Gasteiger charge is -2.22. The van der Waals surface area contributed by atoms with Gasteiger partial charge in [-0.3, -0.25) is 9.69 Å². The highest BCUT2D eigenvalue weighted by atomic mass is 19.1. The van der Waals surface area contributed by atoms with Crippen LogP contribution in [0, 0.1) is 5.82 Å². The van der Waals surface area contributed by atoms with E-state index in [1.807, 2.05) is 48.2 Å². The van der Waals surface area contributed by atoms with Crippen LogP contribution in [-0.4, -0.2) is 48.3 Å². The van der Waals surface area contributed by atoms with E-state index in [2.05, 4.69) is 5.10 Å². The number of hydrazone groups is 1. The Bertz CT molecular complexity index is 823. The standard InChI is InChI=1S/C21H24FN3O2/c1-3-24(14-16-9-10-20(27-2)18(22)13-16)15-21(26)25-12-11-19(23-25)17-7-5-4-6-8-17/h4-10,13H,3,11-12,14-15H2,1-2H3. The summed E-state index contributed by atoms with van der Waals surface area (Å²) in [4.78, 5) is 14.6. The fourth-order valence-electron chi connectivity index (χ4n) is 3.09. The van der Waals surface area contributed by atoms with E-state index in [-0.39, 0.29) is 18.2 Å². The summed E-state index contributed by atoms with van der Waals surface area (Å²) in [5, 5.41) is 6.03. The van der Waals surface area contributed by atoms with Crippen LogP contribution in [0.5, 0.6) is 5.75 Å². The van der Waals surface area contributed by atoms with Crippen LogP contribution < -0.4 is 4.74 Å². The van der Waals surface area contributed by atoms with Crippen LogP contribution >= 0.6 is 0 Å². The highest BCUT2D eigenvalue weighted by molar-refractivity contribution is 6.02. The maximum absolute atomic E-state index is 13.9. The SMILES string of the molecule is CCN(CC(=O)N1CCC(c2ccccc2)=N1)Cc1ccc(OC)c(F)c1. The summed E-state index contributed by atoms with van der Waals surface area (Å²) < 4.78 is 18.8. The number of rotatable bonds is 7. The molecule has 1 aliphatic rings. The third kappa shape index (κ3) is 4.71. The quantitative estimate of drug-likeness (QED) is 0.752. The largest absolute Gasteiger partial charge is 0.494 e. The highest BCUT2D eigenvalue weighted by Gasteiger charge is 2.23. The van der Waals surface area contributed by atoms with Crippen molar-refractivity contribution in [3.63, 3.8) is 0 Å². The molecule has 2 aromatic carbocycles. The molecule has 0 atom stereocenters. The van der Waals surface area contributed by atoms with Crippen molar-refractivity contribution in [2.45, 2.75) is 19.9 Å². The van der Waals surface area contributed by atoms with Gasteiger partial charge in [0.1, 0.15) is 0 Å². The number of halogens is 1. The molecule has 6 heteroatoms. The average molecular weight is 369 g/mol. The normalized spacial score (nSPS) is 13.8. The monoisotopic (exact) mass is 369 g/mol. The van der Waals surface area contributed by atoms with Crippen LogP contribution in [0.3, 0.4) is 0 Å². The van der Waals surface area contributed by atoms with Crippen LogP contribution in [0.25, 0.3) is 0 Å². The molecular weight excluding hydrogens is 345 g/mol. The van der Waals surface area contributed by atoms with Crippen molar-refractivity contribution >= 4 is 11.6 Å². The zero-order valence-electron chi connectivity index (χ0n) is 15.7.